The topological polar surface area (TPSA) is 27.0 Å². The normalized spacial score (nSPS) is 18.9. The maximum Gasteiger partial charge on any atom is 0.0683 e. The van der Waals surface area contributed by atoms with Crippen molar-refractivity contribution >= 4 is 0 Å². The molecule has 0 bridgehead atoms. The van der Waals surface area contributed by atoms with E-state index < -0.39 is 0 Å². The molecule has 1 saturated carbocycles. The standard InChI is InChI=1S/C13H24N2/c1-11(12-6-7-12)15(4)9-5-8-13(2,3)10-14/h11-12H,5-9H2,1-4H3. The molecule has 1 rings (SSSR count). The highest BCUT2D eigenvalue weighted by atomic mass is 15.1. The second-order valence-corrected chi connectivity index (χ2v) is 5.66. The minimum atomic E-state index is -0.149. The summed E-state index contributed by atoms with van der Waals surface area (Å²) in [7, 11) is 2.21. The van der Waals surface area contributed by atoms with Gasteiger partial charge in [0.1, 0.15) is 0 Å². The fraction of sp³-hybridized carbons (Fsp3) is 0.923. The van der Waals surface area contributed by atoms with Crippen molar-refractivity contribution < 1.29 is 0 Å². The lowest BCUT2D eigenvalue weighted by Gasteiger charge is -2.25. The van der Waals surface area contributed by atoms with E-state index in [1.807, 2.05) is 13.8 Å². The Morgan fingerprint density at radius 1 is 1.47 bits per heavy atom. The summed E-state index contributed by atoms with van der Waals surface area (Å²) in [6.45, 7) is 7.50. The van der Waals surface area contributed by atoms with Gasteiger partial charge >= 0.3 is 0 Å². The first-order valence-electron chi connectivity index (χ1n) is 6.08. The van der Waals surface area contributed by atoms with Crippen molar-refractivity contribution in [3.63, 3.8) is 0 Å². The third-order valence-corrected chi connectivity index (χ3v) is 3.61. The van der Waals surface area contributed by atoms with Crippen LogP contribution < -0.4 is 0 Å². The van der Waals surface area contributed by atoms with Crippen molar-refractivity contribution in [3.8, 4) is 6.07 Å². The van der Waals surface area contributed by atoms with Crippen LogP contribution in [0.25, 0.3) is 0 Å². The van der Waals surface area contributed by atoms with Crippen molar-refractivity contribution in [3.05, 3.63) is 0 Å². The number of rotatable bonds is 6. The van der Waals surface area contributed by atoms with Gasteiger partial charge in [-0.3, -0.25) is 0 Å². The molecule has 0 heterocycles. The Labute approximate surface area is 94.3 Å². The highest BCUT2D eigenvalue weighted by molar-refractivity contribution is 4.91. The van der Waals surface area contributed by atoms with Crippen LogP contribution in [0.5, 0.6) is 0 Å². The van der Waals surface area contributed by atoms with Crippen molar-refractivity contribution in [2.45, 2.75) is 52.5 Å². The molecule has 1 aliphatic carbocycles. The fourth-order valence-corrected chi connectivity index (χ4v) is 1.97. The first-order valence-corrected chi connectivity index (χ1v) is 6.08. The quantitative estimate of drug-likeness (QED) is 0.671. The summed E-state index contributed by atoms with van der Waals surface area (Å²) < 4.78 is 0. The highest BCUT2D eigenvalue weighted by Gasteiger charge is 2.30. The van der Waals surface area contributed by atoms with Crippen LogP contribution in [0.1, 0.15) is 46.5 Å². The van der Waals surface area contributed by atoms with Gasteiger partial charge < -0.3 is 4.90 Å². The molecule has 1 fully saturated rings. The van der Waals surface area contributed by atoms with E-state index in [4.69, 9.17) is 5.26 Å². The summed E-state index contributed by atoms with van der Waals surface area (Å²) in [5, 5.41) is 8.90. The van der Waals surface area contributed by atoms with Crippen LogP contribution in [0.2, 0.25) is 0 Å². The van der Waals surface area contributed by atoms with Crippen LogP contribution in [0.3, 0.4) is 0 Å². The minimum Gasteiger partial charge on any atom is -0.303 e. The molecule has 1 aliphatic rings. The van der Waals surface area contributed by atoms with Crippen molar-refractivity contribution in [1.29, 1.82) is 5.26 Å². The minimum absolute atomic E-state index is 0.149. The zero-order chi connectivity index (χ0) is 11.5. The Bertz CT molecular complexity index is 235. The first kappa shape index (κ1) is 12.5. The Morgan fingerprint density at radius 3 is 2.53 bits per heavy atom. The molecule has 1 atom stereocenters. The third-order valence-electron chi connectivity index (χ3n) is 3.61. The van der Waals surface area contributed by atoms with E-state index in [0.717, 1.165) is 31.3 Å². The van der Waals surface area contributed by atoms with Crippen molar-refractivity contribution in [2.75, 3.05) is 13.6 Å². The van der Waals surface area contributed by atoms with Gasteiger partial charge in [-0.25, -0.2) is 0 Å². The molecular weight excluding hydrogens is 184 g/mol. The molecule has 0 spiro atoms. The van der Waals surface area contributed by atoms with Crippen LogP contribution in [-0.4, -0.2) is 24.5 Å². The molecule has 0 aromatic rings. The first-order chi connectivity index (χ1) is 6.96. The SMILES string of the molecule is CC(C1CC1)N(C)CCCC(C)(C)C#N. The number of nitriles is 1. The second-order valence-electron chi connectivity index (χ2n) is 5.66. The van der Waals surface area contributed by atoms with E-state index in [1.54, 1.807) is 0 Å². The number of hydrogen-bond acceptors (Lipinski definition) is 2. The average molecular weight is 208 g/mol. The van der Waals surface area contributed by atoms with Gasteiger partial charge in [0, 0.05) is 6.04 Å². The Morgan fingerprint density at radius 2 is 2.07 bits per heavy atom. The molecule has 0 aromatic heterocycles. The summed E-state index contributed by atoms with van der Waals surface area (Å²) in [5.74, 6) is 0.943. The van der Waals surface area contributed by atoms with Gasteiger partial charge in [-0.05, 0) is 66.0 Å². The van der Waals surface area contributed by atoms with Gasteiger partial charge in [0.2, 0.25) is 0 Å². The number of nitrogens with zero attached hydrogens (tertiary/aromatic N) is 2. The van der Waals surface area contributed by atoms with Crippen LogP contribution in [0, 0.1) is 22.7 Å². The van der Waals surface area contributed by atoms with Crippen molar-refractivity contribution in [1.82, 2.24) is 4.90 Å². The molecule has 2 nitrogen and oxygen atoms in total. The van der Waals surface area contributed by atoms with Gasteiger partial charge in [-0.2, -0.15) is 5.26 Å². The lowest BCUT2D eigenvalue weighted by Crippen LogP contribution is -2.32. The van der Waals surface area contributed by atoms with E-state index in [-0.39, 0.29) is 5.41 Å². The van der Waals surface area contributed by atoms with E-state index in [2.05, 4.69) is 24.9 Å². The molecule has 1 unspecified atom stereocenters. The van der Waals surface area contributed by atoms with E-state index in [9.17, 15) is 0 Å². The average Bonchev–Trinajstić information content (AvgIpc) is 2.99. The monoisotopic (exact) mass is 208 g/mol. The van der Waals surface area contributed by atoms with Crippen LogP contribution in [0.4, 0.5) is 0 Å². The molecule has 0 aromatic carbocycles. The largest absolute Gasteiger partial charge is 0.303 e. The third kappa shape index (κ3) is 4.22. The van der Waals surface area contributed by atoms with E-state index in [0.29, 0.717) is 0 Å². The summed E-state index contributed by atoms with van der Waals surface area (Å²) in [4.78, 5) is 2.45. The maximum atomic E-state index is 8.90. The summed E-state index contributed by atoms with van der Waals surface area (Å²) in [6, 6.07) is 3.09. The lowest BCUT2D eigenvalue weighted by molar-refractivity contribution is 0.222. The Balaban J connectivity index is 2.17. The highest BCUT2D eigenvalue weighted by Crippen LogP contribution is 2.34. The molecular formula is C13H24N2. The lowest BCUT2D eigenvalue weighted by atomic mass is 9.90. The molecule has 2 heteroatoms. The molecule has 0 amide bonds. The Hall–Kier alpha value is -0.550. The van der Waals surface area contributed by atoms with E-state index in [1.165, 1.54) is 12.8 Å². The molecule has 15 heavy (non-hydrogen) atoms. The van der Waals surface area contributed by atoms with Crippen LogP contribution >= 0.6 is 0 Å². The van der Waals surface area contributed by atoms with Crippen LogP contribution in [0.15, 0.2) is 0 Å². The zero-order valence-electron chi connectivity index (χ0n) is 10.6. The predicted molar refractivity (Wildman–Crippen MR) is 63.4 cm³/mol. The Kier molecular flexibility index (Phi) is 4.16. The smallest absolute Gasteiger partial charge is 0.0683 e. The maximum absolute atomic E-state index is 8.90. The van der Waals surface area contributed by atoms with Gasteiger partial charge in [0.15, 0.2) is 0 Å². The molecule has 0 saturated heterocycles. The van der Waals surface area contributed by atoms with Gasteiger partial charge in [-0.1, -0.05) is 0 Å². The summed E-state index contributed by atoms with van der Waals surface area (Å²) >= 11 is 0. The number of hydrogen-bond donors (Lipinski definition) is 0. The van der Waals surface area contributed by atoms with Gasteiger partial charge in [0.25, 0.3) is 0 Å². The predicted octanol–water partition coefficient (Wildman–Crippen LogP) is 3.05. The second kappa shape index (κ2) is 4.99. The van der Waals surface area contributed by atoms with E-state index >= 15 is 0 Å². The zero-order valence-corrected chi connectivity index (χ0v) is 10.6. The van der Waals surface area contributed by atoms with Gasteiger partial charge in [-0.15, -0.1) is 0 Å². The summed E-state index contributed by atoms with van der Waals surface area (Å²) in [5.41, 5.74) is -0.149. The molecule has 0 radical (unpaired) electrons. The molecule has 0 aliphatic heterocycles. The summed E-state index contributed by atoms with van der Waals surface area (Å²) in [6.07, 6.45) is 4.96. The van der Waals surface area contributed by atoms with Gasteiger partial charge in [0.05, 0.1) is 11.5 Å². The van der Waals surface area contributed by atoms with Crippen molar-refractivity contribution in [2.24, 2.45) is 11.3 Å². The molecule has 0 N–H and O–H groups in total. The van der Waals surface area contributed by atoms with Crippen LogP contribution in [-0.2, 0) is 0 Å². The molecule has 86 valence electrons. The fourth-order valence-electron chi connectivity index (χ4n) is 1.97.